The third kappa shape index (κ3) is 4.28. The molecule has 132 valence electrons. The van der Waals surface area contributed by atoms with E-state index in [1.807, 2.05) is 38.1 Å². The standard InChI is InChI=1S/C22H23N3O/c1-15-7-9-18(10-8-15)12-24-20-11-19(13-23-14-20)22(26)25-21-6-4-5-16(2)17(21)3/h4-11,13-14,24H,12H2,1-3H3,(H,25,26). The molecule has 0 spiro atoms. The molecule has 1 aromatic heterocycles. The van der Waals surface area contributed by atoms with Crippen molar-refractivity contribution in [1.82, 2.24) is 4.98 Å². The van der Waals surface area contributed by atoms with Gasteiger partial charge >= 0.3 is 0 Å². The van der Waals surface area contributed by atoms with E-state index >= 15 is 0 Å². The number of carbonyl (C=O) groups is 1. The van der Waals surface area contributed by atoms with Crippen LogP contribution in [0.25, 0.3) is 0 Å². The third-order valence-corrected chi connectivity index (χ3v) is 4.47. The van der Waals surface area contributed by atoms with Crippen molar-refractivity contribution in [2.24, 2.45) is 0 Å². The predicted octanol–water partition coefficient (Wildman–Crippen LogP) is 4.87. The first kappa shape index (κ1) is 17.7. The van der Waals surface area contributed by atoms with Gasteiger partial charge in [0.25, 0.3) is 5.91 Å². The van der Waals surface area contributed by atoms with E-state index in [1.165, 1.54) is 11.1 Å². The zero-order valence-corrected chi connectivity index (χ0v) is 15.3. The Morgan fingerprint density at radius 3 is 2.54 bits per heavy atom. The fourth-order valence-corrected chi connectivity index (χ4v) is 2.65. The molecule has 4 nitrogen and oxygen atoms in total. The van der Waals surface area contributed by atoms with Crippen molar-refractivity contribution < 1.29 is 4.79 Å². The lowest BCUT2D eigenvalue weighted by atomic mass is 10.1. The first-order chi connectivity index (χ1) is 12.5. The summed E-state index contributed by atoms with van der Waals surface area (Å²) in [6, 6.07) is 16.1. The summed E-state index contributed by atoms with van der Waals surface area (Å²) < 4.78 is 0. The third-order valence-electron chi connectivity index (χ3n) is 4.47. The summed E-state index contributed by atoms with van der Waals surface area (Å²) in [6.45, 7) is 6.79. The highest BCUT2D eigenvalue weighted by atomic mass is 16.1. The maximum Gasteiger partial charge on any atom is 0.257 e. The maximum absolute atomic E-state index is 12.6. The average Bonchev–Trinajstić information content (AvgIpc) is 2.65. The van der Waals surface area contributed by atoms with E-state index in [1.54, 1.807) is 12.4 Å². The van der Waals surface area contributed by atoms with Gasteiger partial charge in [-0.2, -0.15) is 0 Å². The van der Waals surface area contributed by atoms with Crippen molar-refractivity contribution in [3.63, 3.8) is 0 Å². The Morgan fingerprint density at radius 2 is 1.77 bits per heavy atom. The summed E-state index contributed by atoms with van der Waals surface area (Å²) in [7, 11) is 0. The molecule has 0 radical (unpaired) electrons. The lowest BCUT2D eigenvalue weighted by molar-refractivity contribution is 0.102. The van der Waals surface area contributed by atoms with E-state index < -0.39 is 0 Å². The number of hydrogen-bond donors (Lipinski definition) is 2. The predicted molar refractivity (Wildman–Crippen MR) is 107 cm³/mol. The van der Waals surface area contributed by atoms with Gasteiger partial charge < -0.3 is 10.6 Å². The lowest BCUT2D eigenvalue weighted by Crippen LogP contribution is -2.14. The van der Waals surface area contributed by atoms with Crippen LogP contribution >= 0.6 is 0 Å². The van der Waals surface area contributed by atoms with Gasteiger partial charge in [-0.1, -0.05) is 42.0 Å². The zero-order chi connectivity index (χ0) is 18.5. The van der Waals surface area contributed by atoms with Gasteiger partial charge in [0.2, 0.25) is 0 Å². The molecule has 4 heteroatoms. The van der Waals surface area contributed by atoms with E-state index in [0.717, 1.165) is 22.5 Å². The van der Waals surface area contributed by atoms with Crippen LogP contribution < -0.4 is 10.6 Å². The summed E-state index contributed by atoms with van der Waals surface area (Å²) in [4.78, 5) is 16.8. The van der Waals surface area contributed by atoms with Gasteiger partial charge in [-0.3, -0.25) is 9.78 Å². The van der Waals surface area contributed by atoms with E-state index in [4.69, 9.17) is 0 Å². The SMILES string of the molecule is Cc1ccc(CNc2cncc(C(=O)Nc3cccc(C)c3C)c2)cc1. The minimum Gasteiger partial charge on any atom is -0.380 e. The van der Waals surface area contributed by atoms with Crippen molar-refractivity contribution in [3.05, 3.63) is 88.7 Å². The molecule has 0 aliphatic heterocycles. The number of carbonyl (C=O) groups excluding carboxylic acids is 1. The van der Waals surface area contributed by atoms with E-state index in [-0.39, 0.29) is 5.91 Å². The van der Waals surface area contributed by atoms with Crippen LogP contribution in [0, 0.1) is 20.8 Å². The quantitative estimate of drug-likeness (QED) is 0.693. The Balaban J connectivity index is 1.69. The van der Waals surface area contributed by atoms with E-state index in [2.05, 4.69) is 46.8 Å². The summed E-state index contributed by atoms with van der Waals surface area (Å²) in [5.41, 5.74) is 6.81. The Kier molecular flexibility index (Phi) is 5.32. The van der Waals surface area contributed by atoms with Crippen LogP contribution in [-0.2, 0) is 6.54 Å². The number of nitrogens with zero attached hydrogens (tertiary/aromatic N) is 1. The second-order valence-corrected chi connectivity index (χ2v) is 6.50. The molecule has 0 aliphatic rings. The van der Waals surface area contributed by atoms with Crippen LogP contribution in [0.3, 0.4) is 0 Å². The highest BCUT2D eigenvalue weighted by Crippen LogP contribution is 2.19. The molecule has 0 atom stereocenters. The molecule has 1 amide bonds. The van der Waals surface area contributed by atoms with Crippen LogP contribution in [0.4, 0.5) is 11.4 Å². The zero-order valence-electron chi connectivity index (χ0n) is 15.3. The van der Waals surface area contributed by atoms with Crippen molar-refractivity contribution in [3.8, 4) is 0 Å². The summed E-state index contributed by atoms with van der Waals surface area (Å²) in [6.07, 6.45) is 3.31. The smallest absolute Gasteiger partial charge is 0.257 e. The van der Waals surface area contributed by atoms with Crippen molar-refractivity contribution >= 4 is 17.3 Å². The molecule has 0 bridgehead atoms. The number of rotatable bonds is 5. The van der Waals surface area contributed by atoms with Gasteiger partial charge in [-0.25, -0.2) is 0 Å². The van der Waals surface area contributed by atoms with Gasteiger partial charge in [0.15, 0.2) is 0 Å². The Bertz CT molecular complexity index is 917. The fourth-order valence-electron chi connectivity index (χ4n) is 2.65. The monoisotopic (exact) mass is 345 g/mol. The molecule has 0 fully saturated rings. The molecular formula is C22H23N3O. The number of amides is 1. The molecule has 1 heterocycles. The van der Waals surface area contributed by atoms with Crippen LogP contribution in [0.15, 0.2) is 60.9 Å². The summed E-state index contributed by atoms with van der Waals surface area (Å²) in [5.74, 6) is -0.162. The number of nitrogens with one attached hydrogen (secondary N) is 2. The Morgan fingerprint density at radius 1 is 1.00 bits per heavy atom. The maximum atomic E-state index is 12.6. The first-order valence-electron chi connectivity index (χ1n) is 8.65. The Labute approximate surface area is 154 Å². The highest BCUT2D eigenvalue weighted by Gasteiger charge is 2.10. The van der Waals surface area contributed by atoms with Crippen LogP contribution in [-0.4, -0.2) is 10.9 Å². The van der Waals surface area contributed by atoms with E-state index in [0.29, 0.717) is 12.1 Å². The number of anilines is 2. The molecule has 0 unspecified atom stereocenters. The van der Waals surface area contributed by atoms with E-state index in [9.17, 15) is 4.79 Å². The largest absolute Gasteiger partial charge is 0.380 e. The number of aromatic nitrogens is 1. The number of benzene rings is 2. The van der Waals surface area contributed by atoms with Crippen LogP contribution in [0.2, 0.25) is 0 Å². The minimum atomic E-state index is -0.162. The second kappa shape index (κ2) is 7.83. The second-order valence-electron chi connectivity index (χ2n) is 6.50. The van der Waals surface area contributed by atoms with Crippen molar-refractivity contribution in [2.75, 3.05) is 10.6 Å². The number of pyridine rings is 1. The summed E-state index contributed by atoms with van der Waals surface area (Å²) >= 11 is 0. The van der Waals surface area contributed by atoms with Crippen molar-refractivity contribution in [1.29, 1.82) is 0 Å². The number of hydrogen-bond acceptors (Lipinski definition) is 3. The van der Waals surface area contributed by atoms with Crippen LogP contribution in [0.1, 0.15) is 32.6 Å². The molecule has 26 heavy (non-hydrogen) atoms. The summed E-state index contributed by atoms with van der Waals surface area (Å²) in [5, 5.41) is 6.29. The molecule has 3 aromatic rings. The molecule has 3 rings (SSSR count). The van der Waals surface area contributed by atoms with Crippen LogP contribution in [0.5, 0.6) is 0 Å². The molecule has 0 saturated carbocycles. The average molecular weight is 345 g/mol. The minimum absolute atomic E-state index is 0.162. The molecule has 0 aliphatic carbocycles. The van der Waals surface area contributed by atoms with Gasteiger partial charge in [0.05, 0.1) is 11.3 Å². The fraction of sp³-hybridized carbons (Fsp3) is 0.182. The van der Waals surface area contributed by atoms with Gasteiger partial charge in [-0.15, -0.1) is 0 Å². The highest BCUT2D eigenvalue weighted by molar-refractivity contribution is 6.05. The van der Waals surface area contributed by atoms with Gasteiger partial charge in [0, 0.05) is 24.6 Å². The molecular weight excluding hydrogens is 322 g/mol. The first-order valence-corrected chi connectivity index (χ1v) is 8.65. The van der Waals surface area contributed by atoms with Crippen molar-refractivity contribution in [2.45, 2.75) is 27.3 Å². The van der Waals surface area contributed by atoms with Gasteiger partial charge in [0.1, 0.15) is 0 Å². The Hall–Kier alpha value is -3.14. The normalized spacial score (nSPS) is 10.4. The lowest BCUT2D eigenvalue weighted by Gasteiger charge is -2.11. The topological polar surface area (TPSA) is 54.0 Å². The molecule has 2 N–H and O–H groups in total. The number of aryl methyl sites for hydroxylation is 2. The molecule has 2 aromatic carbocycles. The van der Waals surface area contributed by atoms with Gasteiger partial charge in [-0.05, 0) is 49.6 Å². The molecule has 0 saturated heterocycles.